The van der Waals surface area contributed by atoms with Crippen molar-refractivity contribution in [2.24, 2.45) is 5.92 Å². The van der Waals surface area contributed by atoms with Gasteiger partial charge in [-0.2, -0.15) is 0 Å². The summed E-state index contributed by atoms with van der Waals surface area (Å²) in [4.78, 5) is 11.6. The highest BCUT2D eigenvalue weighted by molar-refractivity contribution is 6.64. The first-order valence-corrected chi connectivity index (χ1v) is 8.21. The van der Waals surface area contributed by atoms with Crippen molar-refractivity contribution < 1.29 is 4.79 Å². The number of benzene rings is 1. The Labute approximate surface area is 118 Å². The molecule has 1 nitrogen and oxygen atoms in total. The van der Waals surface area contributed by atoms with Crippen molar-refractivity contribution in [3.63, 3.8) is 0 Å². The van der Waals surface area contributed by atoms with Gasteiger partial charge in [-0.25, -0.2) is 0 Å². The third kappa shape index (κ3) is 4.58. The Morgan fingerprint density at radius 3 is 2.50 bits per heavy atom. The molecule has 0 aliphatic carbocycles. The highest BCUT2D eigenvalue weighted by Gasteiger charge is 2.20. The maximum atomic E-state index is 11.6. The van der Waals surface area contributed by atoms with Gasteiger partial charge in [0.05, 0.1) is 5.92 Å². The molecule has 100 valence electrons. The lowest BCUT2D eigenvalue weighted by Crippen LogP contribution is -2.10. The third-order valence-corrected chi connectivity index (χ3v) is 5.17. The van der Waals surface area contributed by atoms with Gasteiger partial charge in [-0.15, -0.1) is 0 Å². The second-order valence-corrected chi connectivity index (χ2v) is 7.76. The van der Waals surface area contributed by atoms with Crippen LogP contribution in [0.25, 0.3) is 0 Å². The van der Waals surface area contributed by atoms with Gasteiger partial charge in [0, 0.05) is 10.2 Å². The molecule has 3 unspecified atom stereocenters. The summed E-state index contributed by atoms with van der Waals surface area (Å²) in [7, 11) is 1.21. The largest absolute Gasteiger partial charge is 0.281 e. The molecule has 3 heteroatoms. The van der Waals surface area contributed by atoms with Crippen LogP contribution in [0.15, 0.2) is 24.3 Å². The fourth-order valence-electron chi connectivity index (χ4n) is 2.06. The molecule has 0 heterocycles. The van der Waals surface area contributed by atoms with Crippen molar-refractivity contribution in [1.29, 1.82) is 0 Å². The van der Waals surface area contributed by atoms with E-state index < -0.39 is 0 Å². The molecule has 18 heavy (non-hydrogen) atoms. The molecule has 0 fully saturated rings. The van der Waals surface area contributed by atoms with Crippen LogP contribution < -0.4 is 0 Å². The predicted molar refractivity (Wildman–Crippen MR) is 82.5 cm³/mol. The van der Waals surface area contributed by atoms with Gasteiger partial charge >= 0.3 is 0 Å². The fourth-order valence-corrected chi connectivity index (χ4v) is 2.63. The average molecular weight is 283 g/mol. The molecule has 0 spiro atoms. The summed E-state index contributed by atoms with van der Waals surface area (Å²) in [6.45, 7) is 6.59. The highest BCUT2D eigenvalue weighted by atomic mass is 35.5. The number of rotatable bonds is 6. The monoisotopic (exact) mass is 282 g/mol. The first-order valence-electron chi connectivity index (χ1n) is 6.67. The Kier molecular flexibility index (Phi) is 6.10. The van der Waals surface area contributed by atoms with Crippen LogP contribution in [-0.4, -0.2) is 15.5 Å². The smallest absolute Gasteiger partial charge is 0.229 e. The molecule has 0 saturated carbocycles. The first kappa shape index (κ1) is 15.5. The van der Waals surface area contributed by atoms with Crippen molar-refractivity contribution in [1.82, 2.24) is 0 Å². The van der Waals surface area contributed by atoms with E-state index in [4.69, 9.17) is 11.6 Å². The molecular formula is C15H23ClOSi. The van der Waals surface area contributed by atoms with E-state index in [1.165, 1.54) is 15.8 Å². The summed E-state index contributed by atoms with van der Waals surface area (Å²) < 4.78 is 0. The Morgan fingerprint density at radius 2 is 2.00 bits per heavy atom. The maximum Gasteiger partial charge on any atom is 0.229 e. The van der Waals surface area contributed by atoms with Crippen molar-refractivity contribution in [2.45, 2.75) is 45.1 Å². The van der Waals surface area contributed by atoms with Crippen LogP contribution in [-0.2, 0) is 4.79 Å². The first-order chi connectivity index (χ1) is 8.41. The normalized spacial score (nSPS) is 16.2. The molecule has 3 atom stereocenters. The Hall–Kier alpha value is -0.603. The Balaban J connectivity index is 2.75. The number of hydrogen-bond donors (Lipinski definition) is 0. The molecule has 0 N–H and O–H groups in total. The fraction of sp³-hybridized carbons (Fsp3) is 0.533. The van der Waals surface area contributed by atoms with E-state index in [0.29, 0.717) is 5.92 Å². The zero-order valence-electron chi connectivity index (χ0n) is 11.7. The van der Waals surface area contributed by atoms with E-state index in [2.05, 4.69) is 19.9 Å². The second-order valence-electron chi connectivity index (χ2n) is 5.57. The number of carbonyl (C=O) groups excluding carboxylic acids is 1. The van der Waals surface area contributed by atoms with Gasteiger partial charge in [0.1, 0.15) is 0 Å². The molecule has 0 amide bonds. The topological polar surface area (TPSA) is 17.1 Å². The lowest BCUT2D eigenvalue weighted by atomic mass is 9.90. The lowest BCUT2D eigenvalue weighted by molar-refractivity contribution is -0.113. The second kappa shape index (κ2) is 7.10. The van der Waals surface area contributed by atoms with Crippen molar-refractivity contribution >= 4 is 27.1 Å². The molecule has 0 radical (unpaired) electrons. The van der Waals surface area contributed by atoms with Crippen molar-refractivity contribution in [3.8, 4) is 0 Å². The minimum absolute atomic E-state index is 0.144. The molecule has 0 aliphatic heterocycles. The molecule has 1 rings (SSSR count). The molecular weight excluding hydrogens is 260 g/mol. The van der Waals surface area contributed by atoms with Crippen LogP contribution in [0.5, 0.6) is 0 Å². The molecule has 1 aromatic rings. The summed E-state index contributed by atoms with van der Waals surface area (Å²) in [6.07, 6.45) is 1.93. The van der Waals surface area contributed by atoms with Crippen LogP contribution in [0.4, 0.5) is 0 Å². The van der Waals surface area contributed by atoms with E-state index in [9.17, 15) is 4.79 Å². The van der Waals surface area contributed by atoms with Crippen LogP contribution in [0.1, 0.15) is 43.7 Å². The number of halogens is 1. The molecule has 1 aromatic carbocycles. The van der Waals surface area contributed by atoms with E-state index in [0.717, 1.165) is 23.9 Å². The maximum absolute atomic E-state index is 11.6. The van der Waals surface area contributed by atoms with Gasteiger partial charge in [0.2, 0.25) is 5.24 Å². The lowest BCUT2D eigenvalue weighted by Gasteiger charge is -2.19. The number of aryl methyl sites for hydroxylation is 1. The van der Waals surface area contributed by atoms with Gasteiger partial charge in [-0.05, 0) is 42.8 Å². The number of carbonyl (C=O) groups is 1. The van der Waals surface area contributed by atoms with Crippen molar-refractivity contribution in [3.05, 3.63) is 35.4 Å². The Bertz CT molecular complexity index is 403. The van der Waals surface area contributed by atoms with Crippen molar-refractivity contribution in [2.75, 3.05) is 0 Å². The van der Waals surface area contributed by atoms with Gasteiger partial charge in [-0.3, -0.25) is 4.79 Å². The molecule has 0 bridgehead atoms. The van der Waals surface area contributed by atoms with Gasteiger partial charge in [-0.1, -0.05) is 49.2 Å². The minimum Gasteiger partial charge on any atom is -0.281 e. The van der Waals surface area contributed by atoms with E-state index >= 15 is 0 Å². The van der Waals surface area contributed by atoms with E-state index in [1.807, 2.05) is 25.1 Å². The van der Waals surface area contributed by atoms with Gasteiger partial charge in [0.15, 0.2) is 0 Å². The van der Waals surface area contributed by atoms with Gasteiger partial charge in [0.25, 0.3) is 0 Å². The zero-order valence-corrected chi connectivity index (χ0v) is 14.5. The van der Waals surface area contributed by atoms with Crippen LogP contribution in [0.3, 0.4) is 0 Å². The average Bonchev–Trinajstić information content (AvgIpc) is 2.28. The molecule has 0 saturated heterocycles. The summed E-state index contributed by atoms with van der Waals surface area (Å²) in [5.41, 5.74) is 3.02. The predicted octanol–water partition coefficient (Wildman–Crippen LogP) is 3.43. The van der Waals surface area contributed by atoms with E-state index in [-0.39, 0.29) is 11.2 Å². The quantitative estimate of drug-likeness (QED) is 0.577. The number of hydrogen-bond acceptors (Lipinski definition) is 1. The third-order valence-electron chi connectivity index (χ3n) is 3.77. The van der Waals surface area contributed by atoms with Gasteiger partial charge < -0.3 is 0 Å². The van der Waals surface area contributed by atoms with E-state index in [1.54, 1.807) is 0 Å². The molecule has 0 aliphatic rings. The highest BCUT2D eigenvalue weighted by Crippen LogP contribution is 2.29. The minimum atomic E-state index is -0.228. The summed E-state index contributed by atoms with van der Waals surface area (Å²) in [5, 5.41) is -0.228. The summed E-state index contributed by atoms with van der Waals surface area (Å²) >= 11 is 5.76. The summed E-state index contributed by atoms with van der Waals surface area (Å²) in [5.74, 6) is 0.537. The zero-order chi connectivity index (χ0) is 13.7. The van der Waals surface area contributed by atoms with Crippen LogP contribution in [0.2, 0.25) is 5.54 Å². The summed E-state index contributed by atoms with van der Waals surface area (Å²) in [6, 6.07) is 8.12. The SMILES string of the molecule is Cc1cccc(C(CCC(C)C(C)[SiH3])C(=O)Cl)c1. The Morgan fingerprint density at radius 1 is 1.33 bits per heavy atom. The van der Waals surface area contributed by atoms with Crippen LogP contribution in [0, 0.1) is 12.8 Å². The van der Waals surface area contributed by atoms with Crippen LogP contribution >= 0.6 is 11.6 Å². The molecule has 0 aromatic heterocycles. The standard InChI is InChI=1S/C15H23ClOSi/c1-10-5-4-6-13(9-10)14(15(16)17)8-7-11(2)12(3)18/h4-6,9,11-12,14H,7-8H2,1-3,18H3.